The number of halogens is 1. The Kier molecular flexibility index (Phi) is 5.81. The third-order valence-corrected chi connectivity index (χ3v) is 4.60. The van der Waals surface area contributed by atoms with Crippen LogP contribution < -0.4 is 10.2 Å². The normalized spacial score (nSPS) is 17.4. The number of pyridine rings is 1. The first-order valence-electron chi connectivity index (χ1n) is 7.40. The monoisotopic (exact) mass is 340 g/mol. The van der Waals surface area contributed by atoms with E-state index in [-0.39, 0.29) is 0 Å². The maximum atomic E-state index is 4.64. The average Bonchev–Trinajstić information content (AvgIpc) is 2.47. The molecule has 1 fully saturated rings. The first-order valence-corrected chi connectivity index (χ1v) is 8.19. The van der Waals surface area contributed by atoms with Gasteiger partial charge in [0, 0.05) is 49.0 Å². The minimum Gasteiger partial charge on any atom is -0.356 e. The molecule has 1 saturated heterocycles. The fourth-order valence-electron chi connectivity index (χ4n) is 2.91. The van der Waals surface area contributed by atoms with E-state index in [4.69, 9.17) is 0 Å². The molecule has 1 aliphatic rings. The number of hydrogen-bond acceptors (Lipinski definition) is 4. The van der Waals surface area contributed by atoms with Crippen LogP contribution in [-0.4, -0.2) is 49.7 Å². The van der Waals surface area contributed by atoms with Crippen LogP contribution in [0.2, 0.25) is 0 Å². The topological polar surface area (TPSA) is 31.4 Å². The van der Waals surface area contributed by atoms with E-state index in [1.807, 2.05) is 13.2 Å². The minimum atomic E-state index is 0.599. The van der Waals surface area contributed by atoms with Crippen molar-refractivity contribution < 1.29 is 0 Å². The molecule has 0 aliphatic carbocycles. The molecule has 2 heterocycles. The van der Waals surface area contributed by atoms with E-state index in [0.29, 0.717) is 6.04 Å². The van der Waals surface area contributed by atoms with Crippen molar-refractivity contribution in [1.29, 1.82) is 0 Å². The molecule has 112 valence electrons. The van der Waals surface area contributed by atoms with Crippen molar-refractivity contribution in [2.24, 2.45) is 0 Å². The lowest BCUT2D eigenvalue weighted by Gasteiger charge is -2.37. The summed E-state index contributed by atoms with van der Waals surface area (Å²) in [5.74, 6) is 1.11. The summed E-state index contributed by atoms with van der Waals surface area (Å²) in [7, 11) is 4.16. The van der Waals surface area contributed by atoms with Gasteiger partial charge in [0.15, 0.2) is 0 Å². The lowest BCUT2D eigenvalue weighted by molar-refractivity contribution is 0.220. The number of piperidine rings is 1. The molecule has 0 aromatic carbocycles. The van der Waals surface area contributed by atoms with Gasteiger partial charge in [0.2, 0.25) is 0 Å². The number of aromatic nitrogens is 1. The van der Waals surface area contributed by atoms with Crippen molar-refractivity contribution in [3.63, 3.8) is 0 Å². The Bertz CT molecular complexity index is 430. The first kappa shape index (κ1) is 15.7. The molecule has 0 bridgehead atoms. The minimum absolute atomic E-state index is 0.599. The summed E-state index contributed by atoms with van der Waals surface area (Å²) in [6.45, 7) is 6.65. The molecule has 5 heteroatoms. The Hall–Kier alpha value is -0.650. The van der Waals surface area contributed by atoms with Gasteiger partial charge >= 0.3 is 0 Å². The maximum Gasteiger partial charge on any atom is 0.133 e. The molecule has 0 atom stereocenters. The van der Waals surface area contributed by atoms with Gasteiger partial charge in [-0.25, -0.2) is 4.98 Å². The van der Waals surface area contributed by atoms with Gasteiger partial charge in [-0.3, -0.25) is 0 Å². The largest absolute Gasteiger partial charge is 0.356 e. The van der Waals surface area contributed by atoms with Gasteiger partial charge in [0.25, 0.3) is 0 Å². The van der Waals surface area contributed by atoms with Crippen LogP contribution in [0.15, 0.2) is 16.7 Å². The summed E-state index contributed by atoms with van der Waals surface area (Å²) in [6, 6.07) is 2.76. The van der Waals surface area contributed by atoms with Gasteiger partial charge in [-0.1, -0.05) is 6.92 Å². The summed E-state index contributed by atoms with van der Waals surface area (Å²) in [5.41, 5.74) is 1.25. The Morgan fingerprint density at radius 3 is 2.75 bits per heavy atom. The lowest BCUT2D eigenvalue weighted by Crippen LogP contribution is -2.44. The van der Waals surface area contributed by atoms with E-state index >= 15 is 0 Å². The SMILES string of the molecule is CCN1CCC(N(C)c2ncc(Br)cc2CNC)CC1. The highest BCUT2D eigenvalue weighted by molar-refractivity contribution is 9.10. The van der Waals surface area contributed by atoms with Crippen LogP contribution in [0.25, 0.3) is 0 Å². The van der Waals surface area contributed by atoms with Crippen molar-refractivity contribution in [2.45, 2.75) is 32.4 Å². The van der Waals surface area contributed by atoms with Crippen LogP contribution in [0.5, 0.6) is 0 Å². The number of likely N-dealkylation sites (tertiary alicyclic amines) is 1. The Morgan fingerprint density at radius 2 is 2.15 bits per heavy atom. The first-order chi connectivity index (χ1) is 9.65. The molecule has 4 nitrogen and oxygen atoms in total. The van der Waals surface area contributed by atoms with E-state index in [2.05, 4.69) is 56.1 Å². The zero-order chi connectivity index (χ0) is 14.5. The zero-order valence-corrected chi connectivity index (χ0v) is 14.3. The Morgan fingerprint density at radius 1 is 1.45 bits per heavy atom. The third-order valence-electron chi connectivity index (χ3n) is 4.16. The van der Waals surface area contributed by atoms with Crippen molar-refractivity contribution in [1.82, 2.24) is 15.2 Å². The second-order valence-corrected chi connectivity index (χ2v) is 6.36. The van der Waals surface area contributed by atoms with Crippen LogP contribution in [0.1, 0.15) is 25.3 Å². The van der Waals surface area contributed by atoms with Crippen LogP contribution in [-0.2, 0) is 6.54 Å². The lowest BCUT2D eigenvalue weighted by atomic mass is 10.0. The summed E-state index contributed by atoms with van der Waals surface area (Å²) in [6.07, 6.45) is 4.34. The Balaban J connectivity index is 2.10. The number of rotatable bonds is 5. The molecular weight excluding hydrogens is 316 g/mol. The fourth-order valence-corrected chi connectivity index (χ4v) is 3.29. The van der Waals surface area contributed by atoms with Crippen LogP contribution in [0.3, 0.4) is 0 Å². The highest BCUT2D eigenvalue weighted by Crippen LogP contribution is 2.25. The highest BCUT2D eigenvalue weighted by atomic mass is 79.9. The molecule has 0 saturated carbocycles. The Labute approximate surface area is 130 Å². The quantitative estimate of drug-likeness (QED) is 0.892. The molecule has 0 amide bonds. The van der Waals surface area contributed by atoms with Gasteiger partial charge in [0.1, 0.15) is 5.82 Å². The van der Waals surface area contributed by atoms with Gasteiger partial charge in [-0.2, -0.15) is 0 Å². The predicted molar refractivity (Wildman–Crippen MR) is 88.2 cm³/mol. The van der Waals surface area contributed by atoms with Gasteiger partial charge in [0.05, 0.1) is 0 Å². The predicted octanol–water partition coefficient (Wildman–Crippen LogP) is 2.48. The van der Waals surface area contributed by atoms with E-state index in [1.165, 1.54) is 31.5 Å². The van der Waals surface area contributed by atoms with Crippen molar-refractivity contribution in [3.05, 3.63) is 22.3 Å². The van der Waals surface area contributed by atoms with Crippen molar-refractivity contribution in [3.8, 4) is 0 Å². The van der Waals surface area contributed by atoms with Crippen LogP contribution in [0.4, 0.5) is 5.82 Å². The summed E-state index contributed by atoms with van der Waals surface area (Å²) >= 11 is 3.51. The maximum absolute atomic E-state index is 4.64. The number of nitrogens with one attached hydrogen (secondary N) is 1. The third kappa shape index (κ3) is 3.71. The zero-order valence-electron chi connectivity index (χ0n) is 12.7. The highest BCUT2D eigenvalue weighted by Gasteiger charge is 2.23. The van der Waals surface area contributed by atoms with Crippen LogP contribution >= 0.6 is 15.9 Å². The average molecular weight is 341 g/mol. The van der Waals surface area contributed by atoms with Gasteiger partial charge in [-0.15, -0.1) is 0 Å². The second-order valence-electron chi connectivity index (χ2n) is 5.44. The molecule has 1 aromatic heterocycles. The fraction of sp³-hybridized carbons (Fsp3) is 0.667. The number of nitrogens with zero attached hydrogens (tertiary/aromatic N) is 3. The summed E-state index contributed by atoms with van der Waals surface area (Å²) < 4.78 is 1.04. The smallest absolute Gasteiger partial charge is 0.133 e. The molecule has 0 unspecified atom stereocenters. The molecule has 2 rings (SSSR count). The molecule has 1 aliphatic heterocycles. The van der Waals surface area contributed by atoms with Gasteiger partial charge < -0.3 is 15.1 Å². The van der Waals surface area contributed by atoms with Crippen molar-refractivity contribution in [2.75, 3.05) is 38.6 Å². The second kappa shape index (κ2) is 7.38. The van der Waals surface area contributed by atoms with E-state index in [9.17, 15) is 0 Å². The van der Waals surface area contributed by atoms with E-state index in [0.717, 1.165) is 23.4 Å². The standard InChI is InChI=1S/C15H25BrN4/c1-4-20-7-5-14(6-8-20)19(3)15-12(10-17-2)9-13(16)11-18-15/h9,11,14,17H,4-8,10H2,1-3H3. The number of anilines is 1. The van der Waals surface area contributed by atoms with Gasteiger partial charge in [-0.05, 0) is 48.4 Å². The molecule has 1 aromatic rings. The molecule has 0 spiro atoms. The molecule has 0 radical (unpaired) electrons. The number of hydrogen-bond donors (Lipinski definition) is 1. The molecule has 1 N–H and O–H groups in total. The molecule has 20 heavy (non-hydrogen) atoms. The van der Waals surface area contributed by atoms with Crippen molar-refractivity contribution >= 4 is 21.7 Å². The summed E-state index contributed by atoms with van der Waals surface area (Å²) in [4.78, 5) is 9.53. The van der Waals surface area contributed by atoms with E-state index < -0.39 is 0 Å². The van der Waals surface area contributed by atoms with Crippen LogP contribution in [0, 0.1) is 0 Å². The van der Waals surface area contributed by atoms with E-state index in [1.54, 1.807) is 0 Å². The molecular formula is C15H25BrN4. The summed E-state index contributed by atoms with van der Waals surface area (Å²) in [5, 5.41) is 3.23.